The minimum Gasteiger partial charge on any atom is -0.469 e. The predicted octanol–water partition coefficient (Wildman–Crippen LogP) is 3.73. The summed E-state index contributed by atoms with van der Waals surface area (Å²) in [7, 11) is 1.31. The monoisotopic (exact) mass is 418 g/mol. The molecule has 0 aliphatic heterocycles. The smallest absolute Gasteiger partial charge is 0.407 e. The molecule has 0 aliphatic carbocycles. The summed E-state index contributed by atoms with van der Waals surface area (Å²) in [5.41, 5.74) is 1.33. The van der Waals surface area contributed by atoms with Crippen LogP contribution in [0.5, 0.6) is 0 Å². The zero-order valence-corrected chi connectivity index (χ0v) is 17.9. The van der Waals surface area contributed by atoms with Gasteiger partial charge in [0.15, 0.2) is 0 Å². The van der Waals surface area contributed by atoms with Gasteiger partial charge in [-0.15, -0.1) is 11.3 Å². The highest BCUT2D eigenvalue weighted by molar-refractivity contribution is 7.17. The summed E-state index contributed by atoms with van der Waals surface area (Å²) in [4.78, 5) is 36.6. The van der Waals surface area contributed by atoms with Crippen LogP contribution in [0.3, 0.4) is 0 Å². The number of thiophene rings is 1. The van der Waals surface area contributed by atoms with E-state index in [0.29, 0.717) is 11.4 Å². The molecule has 1 aromatic carbocycles. The zero-order chi connectivity index (χ0) is 21.4. The summed E-state index contributed by atoms with van der Waals surface area (Å²) >= 11 is 1.36. The Kier molecular flexibility index (Phi) is 7.78. The summed E-state index contributed by atoms with van der Waals surface area (Å²) < 4.78 is 9.78. The van der Waals surface area contributed by atoms with Crippen molar-refractivity contribution >= 4 is 29.3 Å². The Morgan fingerprint density at radius 3 is 2.52 bits per heavy atom. The van der Waals surface area contributed by atoms with Crippen molar-refractivity contribution < 1.29 is 23.9 Å². The second-order valence-electron chi connectivity index (χ2n) is 7.30. The van der Waals surface area contributed by atoms with Crippen molar-refractivity contribution in [2.45, 2.75) is 39.3 Å². The van der Waals surface area contributed by atoms with Gasteiger partial charge in [-0.3, -0.25) is 9.59 Å². The highest BCUT2D eigenvalue weighted by Gasteiger charge is 2.16. The summed E-state index contributed by atoms with van der Waals surface area (Å²) in [6, 6.07) is 11.3. The summed E-state index contributed by atoms with van der Waals surface area (Å²) in [6.07, 6.45) is -0.336. The molecule has 0 aliphatic rings. The molecular formula is C21H26N2O5S. The average molecular weight is 419 g/mol. The fourth-order valence-corrected chi connectivity index (χ4v) is 3.32. The summed E-state index contributed by atoms with van der Waals surface area (Å²) in [5.74, 6) is -0.595. The van der Waals surface area contributed by atoms with E-state index in [1.54, 1.807) is 6.07 Å². The van der Waals surface area contributed by atoms with Crippen molar-refractivity contribution in [2.75, 3.05) is 13.7 Å². The average Bonchev–Trinajstić information content (AvgIpc) is 3.15. The van der Waals surface area contributed by atoms with Crippen LogP contribution < -0.4 is 10.6 Å². The number of carbonyl (C=O) groups is 3. The first kappa shape index (κ1) is 22.4. The van der Waals surface area contributed by atoms with Crippen molar-refractivity contribution in [3.8, 4) is 10.4 Å². The van der Waals surface area contributed by atoms with Crippen LogP contribution in [0.25, 0.3) is 10.4 Å². The maximum absolute atomic E-state index is 12.2. The van der Waals surface area contributed by atoms with E-state index in [-0.39, 0.29) is 24.8 Å². The standard InChI is InChI=1S/C21H26N2O5S/c1-21(2,3)28-20(26)23-13-14-6-5-7-15(12-14)16-8-9-17(29-16)19(25)22-11-10-18(24)27-4/h5-9,12H,10-11,13H2,1-4H3,(H,22,25)(H,23,26). The van der Waals surface area contributed by atoms with Gasteiger partial charge in [-0.05, 0) is 50.1 Å². The van der Waals surface area contributed by atoms with Gasteiger partial charge < -0.3 is 20.1 Å². The van der Waals surface area contributed by atoms with Gasteiger partial charge in [0.1, 0.15) is 5.60 Å². The Labute approximate surface area is 174 Å². The first-order valence-electron chi connectivity index (χ1n) is 9.19. The van der Waals surface area contributed by atoms with Crippen molar-refractivity contribution in [1.29, 1.82) is 0 Å². The fraction of sp³-hybridized carbons (Fsp3) is 0.381. The molecule has 0 bridgehead atoms. The van der Waals surface area contributed by atoms with Gasteiger partial charge in [-0.2, -0.15) is 0 Å². The van der Waals surface area contributed by atoms with E-state index in [9.17, 15) is 14.4 Å². The minimum absolute atomic E-state index is 0.132. The molecule has 0 saturated carbocycles. The van der Waals surface area contributed by atoms with Gasteiger partial charge in [0.05, 0.1) is 18.4 Å². The molecule has 0 radical (unpaired) electrons. The topological polar surface area (TPSA) is 93.7 Å². The highest BCUT2D eigenvalue weighted by Crippen LogP contribution is 2.28. The normalized spacial score (nSPS) is 10.9. The van der Waals surface area contributed by atoms with Crippen molar-refractivity contribution in [2.24, 2.45) is 0 Å². The second-order valence-corrected chi connectivity index (χ2v) is 8.39. The van der Waals surface area contributed by atoms with Crippen LogP contribution in [-0.4, -0.2) is 37.2 Å². The predicted molar refractivity (Wildman–Crippen MR) is 112 cm³/mol. The van der Waals surface area contributed by atoms with E-state index in [1.807, 2.05) is 51.1 Å². The third-order valence-corrected chi connectivity index (χ3v) is 4.85. The van der Waals surface area contributed by atoms with Gasteiger partial charge in [0.2, 0.25) is 0 Å². The lowest BCUT2D eigenvalue weighted by Gasteiger charge is -2.19. The third kappa shape index (κ3) is 7.57. The summed E-state index contributed by atoms with van der Waals surface area (Å²) in [6.45, 7) is 6.01. The number of ether oxygens (including phenoxy) is 2. The maximum Gasteiger partial charge on any atom is 0.407 e. The van der Waals surface area contributed by atoms with Crippen molar-refractivity contribution in [3.63, 3.8) is 0 Å². The Balaban J connectivity index is 1.96. The number of hydrogen-bond acceptors (Lipinski definition) is 6. The Morgan fingerprint density at radius 1 is 1.07 bits per heavy atom. The Bertz CT molecular complexity index is 870. The molecular weight excluding hydrogens is 392 g/mol. The van der Waals surface area contributed by atoms with E-state index < -0.39 is 11.7 Å². The molecule has 7 nitrogen and oxygen atoms in total. The van der Waals surface area contributed by atoms with Gasteiger partial charge in [-0.25, -0.2) is 4.79 Å². The van der Waals surface area contributed by atoms with Crippen molar-refractivity contribution in [3.05, 3.63) is 46.8 Å². The first-order valence-corrected chi connectivity index (χ1v) is 10.0. The van der Waals surface area contributed by atoms with Crippen LogP contribution in [0.1, 0.15) is 42.4 Å². The van der Waals surface area contributed by atoms with Gasteiger partial charge >= 0.3 is 12.1 Å². The SMILES string of the molecule is COC(=O)CCNC(=O)c1ccc(-c2cccc(CNC(=O)OC(C)(C)C)c2)s1. The van der Waals surface area contributed by atoms with Crippen LogP contribution in [0, 0.1) is 0 Å². The molecule has 0 atom stereocenters. The molecule has 2 amide bonds. The molecule has 0 unspecified atom stereocenters. The van der Waals surface area contributed by atoms with Gasteiger partial charge in [0, 0.05) is 18.0 Å². The van der Waals surface area contributed by atoms with Crippen LogP contribution in [0.2, 0.25) is 0 Å². The van der Waals surface area contributed by atoms with Gasteiger partial charge in [-0.1, -0.05) is 18.2 Å². The second kappa shape index (κ2) is 10.1. The number of esters is 1. The lowest BCUT2D eigenvalue weighted by atomic mass is 10.1. The van der Waals surface area contributed by atoms with E-state index in [4.69, 9.17) is 4.74 Å². The molecule has 0 fully saturated rings. The van der Waals surface area contributed by atoms with E-state index >= 15 is 0 Å². The number of amides is 2. The molecule has 0 saturated heterocycles. The Morgan fingerprint density at radius 2 is 1.83 bits per heavy atom. The minimum atomic E-state index is -0.545. The molecule has 2 N–H and O–H groups in total. The molecule has 0 spiro atoms. The lowest BCUT2D eigenvalue weighted by molar-refractivity contribution is -0.140. The number of rotatable bonds is 7. The first-order chi connectivity index (χ1) is 13.7. The molecule has 156 valence electrons. The van der Waals surface area contributed by atoms with Crippen LogP contribution in [0.15, 0.2) is 36.4 Å². The number of nitrogens with one attached hydrogen (secondary N) is 2. The zero-order valence-electron chi connectivity index (χ0n) is 17.0. The van der Waals surface area contributed by atoms with Gasteiger partial charge in [0.25, 0.3) is 5.91 Å². The van der Waals surface area contributed by atoms with Crippen LogP contribution in [0.4, 0.5) is 4.79 Å². The molecule has 2 aromatic rings. The third-order valence-electron chi connectivity index (χ3n) is 3.72. The lowest BCUT2D eigenvalue weighted by Crippen LogP contribution is -2.32. The number of alkyl carbamates (subject to hydrolysis) is 1. The fourth-order valence-electron chi connectivity index (χ4n) is 2.41. The largest absolute Gasteiger partial charge is 0.469 e. The Hall–Kier alpha value is -2.87. The van der Waals surface area contributed by atoms with E-state index in [1.165, 1.54) is 18.4 Å². The number of benzene rings is 1. The summed E-state index contributed by atoms with van der Waals surface area (Å²) in [5, 5.41) is 5.44. The molecule has 29 heavy (non-hydrogen) atoms. The van der Waals surface area contributed by atoms with Crippen molar-refractivity contribution in [1.82, 2.24) is 10.6 Å². The quantitative estimate of drug-likeness (QED) is 0.668. The molecule has 2 rings (SSSR count). The molecule has 1 aromatic heterocycles. The van der Waals surface area contributed by atoms with Crippen LogP contribution in [-0.2, 0) is 20.8 Å². The van der Waals surface area contributed by atoms with Crippen LogP contribution >= 0.6 is 11.3 Å². The highest BCUT2D eigenvalue weighted by atomic mass is 32.1. The maximum atomic E-state index is 12.2. The van der Waals surface area contributed by atoms with E-state index in [0.717, 1.165) is 16.0 Å². The number of hydrogen-bond donors (Lipinski definition) is 2. The number of methoxy groups -OCH3 is 1. The van der Waals surface area contributed by atoms with E-state index in [2.05, 4.69) is 15.4 Å². The molecule has 8 heteroatoms. The number of carbonyl (C=O) groups excluding carboxylic acids is 3. The molecule has 1 heterocycles.